The van der Waals surface area contributed by atoms with Crippen molar-refractivity contribution in [1.82, 2.24) is 0 Å². The summed E-state index contributed by atoms with van der Waals surface area (Å²) in [5, 5.41) is 8.83. The maximum absolute atomic E-state index is 13.8. The van der Waals surface area contributed by atoms with Crippen LogP contribution < -0.4 is 14.2 Å². The number of carbonyl (C=O) groups is 1. The predicted octanol–water partition coefficient (Wildman–Crippen LogP) is 7.00. The number of hydrogen-bond acceptors (Lipinski definition) is 4. The van der Waals surface area contributed by atoms with Crippen molar-refractivity contribution in [3.8, 4) is 17.2 Å². The van der Waals surface area contributed by atoms with Gasteiger partial charge in [0.15, 0.2) is 11.5 Å². The summed E-state index contributed by atoms with van der Waals surface area (Å²) in [4.78, 5) is 11.1. The lowest BCUT2D eigenvalue weighted by molar-refractivity contribution is -0.316. The van der Waals surface area contributed by atoms with Crippen LogP contribution >= 0.6 is 0 Å². The molecule has 0 saturated heterocycles. The van der Waals surface area contributed by atoms with Crippen molar-refractivity contribution in [3.05, 3.63) is 17.7 Å². The van der Waals surface area contributed by atoms with Gasteiger partial charge in [0.05, 0.1) is 5.56 Å². The van der Waals surface area contributed by atoms with Gasteiger partial charge in [0.1, 0.15) is 0 Å². The van der Waals surface area contributed by atoms with Crippen LogP contribution in [0.4, 0.5) is 79.0 Å². The molecule has 23 heteroatoms. The molecule has 1 aromatic carbocycles. The highest BCUT2D eigenvalue weighted by Crippen LogP contribution is 2.49. The first-order chi connectivity index (χ1) is 17.0. The van der Waals surface area contributed by atoms with Crippen LogP contribution in [-0.2, 0) is 0 Å². The Morgan fingerprint density at radius 1 is 0.564 bits per heavy atom. The third-order valence-electron chi connectivity index (χ3n) is 3.75. The average molecular weight is 620 g/mol. The second kappa shape index (κ2) is 10.4. The van der Waals surface area contributed by atoms with E-state index >= 15 is 0 Å². The fourth-order valence-electron chi connectivity index (χ4n) is 2.11. The molecule has 0 aliphatic carbocycles. The molecule has 0 aliphatic rings. The molecular weight excluding hydrogens is 614 g/mol. The molecule has 0 aromatic heterocycles. The minimum atomic E-state index is -6.65. The normalized spacial score (nSPS) is 16.4. The van der Waals surface area contributed by atoms with E-state index in [4.69, 9.17) is 5.11 Å². The summed E-state index contributed by atoms with van der Waals surface area (Å²) in [6.07, 6.45) is -55.7. The van der Waals surface area contributed by atoms with Crippen molar-refractivity contribution in [2.45, 2.75) is 55.4 Å². The van der Waals surface area contributed by atoms with E-state index in [0.717, 1.165) is 0 Å². The molecule has 1 aromatic rings. The van der Waals surface area contributed by atoms with Crippen LogP contribution in [0, 0.1) is 0 Å². The molecule has 0 bridgehead atoms. The number of halogens is 18. The minimum absolute atomic E-state index is 0.729. The summed E-state index contributed by atoms with van der Waals surface area (Å²) in [6.45, 7) is 0. The molecule has 3 atom stereocenters. The van der Waals surface area contributed by atoms with E-state index in [1.54, 1.807) is 0 Å². The lowest BCUT2D eigenvalue weighted by Gasteiger charge is -2.29. The van der Waals surface area contributed by atoms with Crippen LogP contribution in [0.5, 0.6) is 17.2 Å². The molecule has 0 heterocycles. The molecule has 0 amide bonds. The zero-order valence-corrected chi connectivity index (χ0v) is 17.3. The van der Waals surface area contributed by atoms with Gasteiger partial charge < -0.3 is 19.3 Å². The summed E-state index contributed by atoms with van der Waals surface area (Å²) >= 11 is 0. The largest absolute Gasteiger partial charge is 0.478 e. The molecule has 0 aliphatic heterocycles. The average Bonchev–Trinajstić information content (AvgIpc) is 2.71. The van der Waals surface area contributed by atoms with Gasteiger partial charge in [-0.25, -0.2) is 18.0 Å². The van der Waals surface area contributed by atoms with Gasteiger partial charge in [0.2, 0.25) is 5.75 Å². The molecule has 226 valence electrons. The summed E-state index contributed by atoms with van der Waals surface area (Å²) in [5.74, 6) is -11.4. The molecule has 0 saturated carbocycles. The lowest BCUT2D eigenvalue weighted by atomic mass is 10.1. The maximum atomic E-state index is 13.8. The van der Waals surface area contributed by atoms with Crippen molar-refractivity contribution in [3.63, 3.8) is 0 Å². The van der Waals surface area contributed by atoms with Crippen molar-refractivity contribution in [2.75, 3.05) is 0 Å². The Bertz CT molecular complexity index is 975. The first-order valence-electron chi connectivity index (χ1n) is 8.78. The standard InChI is InChI=1S/C16H6F18O5/c17-8(11(20,21)22)14(29,30)37-4-1-3(7(35)36)2-5(38-15(31,32)9(18)12(23,24)25)6(4)39-16(33,34)10(19)13(26,27)28/h1-2,8-10H,(H,35,36). The number of carboxylic acids is 1. The van der Waals surface area contributed by atoms with Crippen LogP contribution in [0.15, 0.2) is 12.1 Å². The number of aromatic carboxylic acids is 1. The highest BCUT2D eigenvalue weighted by atomic mass is 19.4. The number of rotatable bonds is 10. The second-order valence-corrected chi connectivity index (χ2v) is 6.81. The van der Waals surface area contributed by atoms with Gasteiger partial charge in [0, 0.05) is 0 Å². The van der Waals surface area contributed by atoms with E-state index in [-0.39, 0.29) is 0 Å². The Morgan fingerprint density at radius 2 is 0.821 bits per heavy atom. The quantitative estimate of drug-likeness (QED) is 0.286. The Hall–Kier alpha value is -3.17. The van der Waals surface area contributed by atoms with Crippen LogP contribution in [0.2, 0.25) is 0 Å². The number of ether oxygens (including phenoxy) is 3. The van der Waals surface area contributed by atoms with Gasteiger partial charge in [-0.3, -0.25) is 0 Å². The van der Waals surface area contributed by atoms with Gasteiger partial charge in [-0.05, 0) is 12.1 Å². The highest BCUT2D eigenvalue weighted by molar-refractivity contribution is 5.89. The fourth-order valence-corrected chi connectivity index (χ4v) is 2.11. The van der Waals surface area contributed by atoms with Crippen LogP contribution in [0.3, 0.4) is 0 Å². The smallest absolute Gasteiger partial charge is 0.439 e. The molecule has 39 heavy (non-hydrogen) atoms. The van der Waals surface area contributed by atoms with E-state index in [1.807, 2.05) is 0 Å². The van der Waals surface area contributed by atoms with Gasteiger partial charge in [-0.15, -0.1) is 0 Å². The third-order valence-corrected chi connectivity index (χ3v) is 3.75. The lowest BCUT2D eigenvalue weighted by Crippen LogP contribution is -2.47. The first kappa shape index (κ1) is 33.9. The van der Waals surface area contributed by atoms with Crippen LogP contribution in [0.25, 0.3) is 0 Å². The number of alkyl halides is 18. The molecule has 5 nitrogen and oxygen atoms in total. The molecular formula is C16H6F18O5. The van der Waals surface area contributed by atoms with Crippen molar-refractivity contribution in [1.29, 1.82) is 0 Å². The summed E-state index contributed by atoms with van der Waals surface area (Å²) in [7, 11) is 0. The van der Waals surface area contributed by atoms with Crippen LogP contribution in [-0.4, -0.2) is 66.4 Å². The molecule has 0 spiro atoms. The van der Waals surface area contributed by atoms with E-state index in [0.29, 0.717) is 0 Å². The van der Waals surface area contributed by atoms with Gasteiger partial charge in [-0.1, -0.05) is 0 Å². The summed E-state index contributed by atoms with van der Waals surface area (Å²) < 4.78 is 242. The van der Waals surface area contributed by atoms with E-state index in [9.17, 15) is 83.8 Å². The van der Waals surface area contributed by atoms with Crippen LogP contribution in [0.1, 0.15) is 10.4 Å². The zero-order valence-electron chi connectivity index (χ0n) is 17.3. The molecule has 1 N–H and O–H groups in total. The van der Waals surface area contributed by atoms with E-state index < -0.39 is 96.3 Å². The monoisotopic (exact) mass is 620 g/mol. The van der Waals surface area contributed by atoms with Crippen molar-refractivity contribution in [2.24, 2.45) is 0 Å². The third kappa shape index (κ3) is 8.16. The SMILES string of the molecule is O=C(O)c1cc(OC(F)(F)C(F)C(F)(F)F)c(OC(F)(F)C(F)C(F)(F)F)c(OC(F)(F)C(F)C(F)(F)F)c1. The van der Waals surface area contributed by atoms with E-state index in [2.05, 4.69) is 14.2 Å². The number of carboxylic acid groups (broad SMARTS) is 1. The van der Waals surface area contributed by atoms with Gasteiger partial charge in [0.25, 0.3) is 18.5 Å². The Morgan fingerprint density at radius 3 is 1.05 bits per heavy atom. The number of hydrogen-bond donors (Lipinski definition) is 1. The molecule has 0 fully saturated rings. The zero-order chi connectivity index (χ0) is 31.2. The molecule has 3 unspecified atom stereocenters. The van der Waals surface area contributed by atoms with E-state index in [1.165, 1.54) is 0 Å². The molecule has 1 rings (SSSR count). The number of benzene rings is 1. The maximum Gasteiger partial charge on any atom is 0.439 e. The summed E-state index contributed by atoms with van der Waals surface area (Å²) in [6, 6.07) is -1.46. The first-order valence-corrected chi connectivity index (χ1v) is 8.78. The topological polar surface area (TPSA) is 65.0 Å². The van der Waals surface area contributed by atoms with Crippen molar-refractivity contribution < 1.29 is 103 Å². The Kier molecular flexibility index (Phi) is 9.05. The minimum Gasteiger partial charge on any atom is -0.478 e. The van der Waals surface area contributed by atoms with Crippen molar-refractivity contribution >= 4 is 5.97 Å². The Labute approximate surface area is 200 Å². The highest BCUT2D eigenvalue weighted by Gasteiger charge is 2.63. The predicted molar refractivity (Wildman–Crippen MR) is 83.0 cm³/mol. The Balaban J connectivity index is 3.96. The second-order valence-electron chi connectivity index (χ2n) is 6.81. The molecule has 0 radical (unpaired) electrons. The fraction of sp³-hybridized carbons (Fsp3) is 0.562. The van der Waals surface area contributed by atoms with Gasteiger partial charge >= 0.3 is 42.8 Å². The van der Waals surface area contributed by atoms with Gasteiger partial charge in [-0.2, -0.15) is 65.9 Å². The summed E-state index contributed by atoms with van der Waals surface area (Å²) in [5.41, 5.74) is -1.93.